The molecule has 1 saturated heterocycles. The second kappa shape index (κ2) is 11.6. The zero-order valence-corrected chi connectivity index (χ0v) is 17.4. The van der Waals surface area contributed by atoms with Crippen LogP contribution >= 0.6 is 24.0 Å². The van der Waals surface area contributed by atoms with E-state index in [1.165, 1.54) is 0 Å². The van der Waals surface area contributed by atoms with Crippen molar-refractivity contribution in [1.82, 2.24) is 15.5 Å². The van der Waals surface area contributed by atoms with Gasteiger partial charge in [0.1, 0.15) is 5.82 Å². The van der Waals surface area contributed by atoms with Gasteiger partial charge in [0.2, 0.25) is 0 Å². The molecule has 1 aromatic carbocycles. The Morgan fingerprint density at radius 2 is 1.93 bits per heavy atom. The molecule has 2 rings (SSSR count). The number of halogens is 5. The van der Waals surface area contributed by atoms with E-state index in [1.807, 2.05) is 6.92 Å². The number of alkyl halides is 3. The second-order valence-electron chi connectivity index (χ2n) is 5.88. The van der Waals surface area contributed by atoms with E-state index in [0.717, 1.165) is 31.8 Å². The SMILES string of the molecule is CCNC(=NCc1ccc(F)cc1C(F)(F)F)NCCN1CCOCC1.I. The van der Waals surface area contributed by atoms with Crippen LogP contribution in [0.2, 0.25) is 0 Å². The van der Waals surface area contributed by atoms with Crippen molar-refractivity contribution in [3.05, 3.63) is 35.1 Å². The number of nitrogens with zero attached hydrogens (tertiary/aromatic N) is 2. The van der Waals surface area contributed by atoms with Gasteiger partial charge in [0, 0.05) is 32.7 Å². The molecule has 2 N–H and O–H groups in total. The lowest BCUT2D eigenvalue weighted by molar-refractivity contribution is -0.138. The van der Waals surface area contributed by atoms with Gasteiger partial charge in [-0.2, -0.15) is 13.2 Å². The van der Waals surface area contributed by atoms with Crippen molar-refractivity contribution in [3.63, 3.8) is 0 Å². The maximum Gasteiger partial charge on any atom is 0.416 e. The molecule has 0 aromatic heterocycles. The van der Waals surface area contributed by atoms with Crippen LogP contribution in [0.5, 0.6) is 0 Å². The topological polar surface area (TPSA) is 48.9 Å². The van der Waals surface area contributed by atoms with Crippen LogP contribution in [0.1, 0.15) is 18.1 Å². The van der Waals surface area contributed by atoms with E-state index in [2.05, 4.69) is 20.5 Å². The zero-order valence-electron chi connectivity index (χ0n) is 15.1. The van der Waals surface area contributed by atoms with Crippen LogP contribution in [0.4, 0.5) is 17.6 Å². The molecule has 1 aromatic rings. The fraction of sp³-hybridized carbons (Fsp3) is 0.588. The number of rotatable bonds is 6. The highest BCUT2D eigenvalue weighted by Crippen LogP contribution is 2.32. The molecule has 0 saturated carbocycles. The Labute approximate surface area is 173 Å². The molecule has 0 amide bonds. The second-order valence-corrected chi connectivity index (χ2v) is 5.88. The molecule has 1 aliphatic rings. The average Bonchev–Trinajstić information content (AvgIpc) is 2.60. The van der Waals surface area contributed by atoms with Crippen LogP contribution in [-0.4, -0.2) is 56.8 Å². The van der Waals surface area contributed by atoms with Gasteiger partial charge >= 0.3 is 6.18 Å². The molecule has 0 radical (unpaired) electrons. The third-order valence-corrected chi connectivity index (χ3v) is 3.95. The lowest BCUT2D eigenvalue weighted by Crippen LogP contribution is -2.44. The molecule has 1 heterocycles. The van der Waals surface area contributed by atoms with Crippen molar-refractivity contribution < 1.29 is 22.3 Å². The third-order valence-electron chi connectivity index (χ3n) is 3.95. The Bertz CT molecular complexity index is 607. The number of ether oxygens (including phenoxy) is 1. The van der Waals surface area contributed by atoms with Gasteiger partial charge in [-0.25, -0.2) is 9.38 Å². The largest absolute Gasteiger partial charge is 0.416 e. The van der Waals surface area contributed by atoms with Crippen LogP contribution in [0.25, 0.3) is 0 Å². The first-order valence-electron chi connectivity index (χ1n) is 8.58. The fourth-order valence-corrected chi connectivity index (χ4v) is 2.61. The van der Waals surface area contributed by atoms with Crippen LogP contribution in [0.3, 0.4) is 0 Å². The highest BCUT2D eigenvalue weighted by atomic mass is 127. The quantitative estimate of drug-likeness (QED) is 0.271. The Morgan fingerprint density at radius 1 is 1.22 bits per heavy atom. The van der Waals surface area contributed by atoms with Crippen molar-refractivity contribution in [2.45, 2.75) is 19.6 Å². The number of hydrogen-bond acceptors (Lipinski definition) is 3. The predicted molar refractivity (Wildman–Crippen MR) is 107 cm³/mol. The third kappa shape index (κ3) is 8.18. The Balaban J connectivity index is 0.00000364. The molecule has 0 bridgehead atoms. The summed E-state index contributed by atoms with van der Waals surface area (Å²) in [6.07, 6.45) is -4.62. The number of guanidine groups is 1. The maximum absolute atomic E-state index is 13.2. The minimum atomic E-state index is -4.62. The number of aliphatic imine (C=N–C) groups is 1. The predicted octanol–water partition coefficient (Wildman–Crippen LogP) is 2.85. The summed E-state index contributed by atoms with van der Waals surface area (Å²) in [6, 6.07) is 2.64. The first-order chi connectivity index (χ1) is 12.4. The lowest BCUT2D eigenvalue weighted by atomic mass is 10.1. The van der Waals surface area contributed by atoms with Gasteiger partial charge in [-0.3, -0.25) is 4.90 Å². The van der Waals surface area contributed by atoms with Gasteiger partial charge in [-0.15, -0.1) is 24.0 Å². The normalized spacial score (nSPS) is 16.0. The smallest absolute Gasteiger partial charge is 0.379 e. The summed E-state index contributed by atoms with van der Waals surface area (Å²) < 4.78 is 57.6. The van der Waals surface area contributed by atoms with Gasteiger partial charge in [-0.05, 0) is 24.6 Å². The maximum atomic E-state index is 13.2. The Hall–Kier alpha value is -1.14. The van der Waals surface area contributed by atoms with Crippen molar-refractivity contribution in [2.75, 3.05) is 45.9 Å². The molecule has 0 unspecified atom stereocenters. The van der Waals surface area contributed by atoms with E-state index in [4.69, 9.17) is 4.74 Å². The van der Waals surface area contributed by atoms with Crippen LogP contribution < -0.4 is 10.6 Å². The minimum Gasteiger partial charge on any atom is -0.379 e. The van der Waals surface area contributed by atoms with Crippen molar-refractivity contribution >= 4 is 29.9 Å². The average molecular weight is 504 g/mol. The minimum absolute atomic E-state index is 0. The molecule has 5 nitrogen and oxygen atoms in total. The summed E-state index contributed by atoms with van der Waals surface area (Å²) in [5.41, 5.74) is -1.06. The zero-order chi connectivity index (χ0) is 19.0. The molecular formula is C17H25F4IN4O. The summed E-state index contributed by atoms with van der Waals surface area (Å²) in [7, 11) is 0. The Morgan fingerprint density at radius 3 is 2.56 bits per heavy atom. The molecule has 0 spiro atoms. The standard InChI is InChI=1S/C17H24F4N4O.HI/c1-2-22-16(23-5-6-25-7-9-26-10-8-25)24-12-13-3-4-14(18)11-15(13)17(19,20)21;/h3-4,11H,2,5-10,12H2,1H3,(H2,22,23,24);1H. The summed E-state index contributed by atoms with van der Waals surface area (Å²) in [4.78, 5) is 6.44. The summed E-state index contributed by atoms with van der Waals surface area (Å²) in [6.45, 7) is 6.80. The van der Waals surface area contributed by atoms with E-state index >= 15 is 0 Å². The molecule has 154 valence electrons. The number of hydrogen-bond donors (Lipinski definition) is 2. The fourth-order valence-electron chi connectivity index (χ4n) is 2.61. The molecule has 0 aliphatic carbocycles. The molecule has 1 fully saturated rings. The Kier molecular flexibility index (Phi) is 10.3. The van der Waals surface area contributed by atoms with E-state index < -0.39 is 17.6 Å². The van der Waals surface area contributed by atoms with Crippen LogP contribution in [0, 0.1) is 5.82 Å². The van der Waals surface area contributed by atoms with E-state index in [-0.39, 0.29) is 36.1 Å². The molecule has 1 aliphatic heterocycles. The van der Waals surface area contributed by atoms with Gasteiger partial charge in [0.15, 0.2) is 5.96 Å². The van der Waals surface area contributed by atoms with E-state index in [9.17, 15) is 17.6 Å². The summed E-state index contributed by atoms with van der Waals surface area (Å²) in [5, 5.41) is 6.11. The van der Waals surface area contributed by atoms with Crippen molar-refractivity contribution in [1.29, 1.82) is 0 Å². The van der Waals surface area contributed by atoms with E-state index in [1.54, 1.807) is 0 Å². The summed E-state index contributed by atoms with van der Waals surface area (Å²) >= 11 is 0. The lowest BCUT2D eigenvalue weighted by Gasteiger charge is -2.26. The number of morpholine rings is 1. The molecule has 27 heavy (non-hydrogen) atoms. The highest BCUT2D eigenvalue weighted by molar-refractivity contribution is 14.0. The molecular weight excluding hydrogens is 479 g/mol. The van der Waals surface area contributed by atoms with E-state index in [0.29, 0.717) is 38.3 Å². The van der Waals surface area contributed by atoms with Crippen molar-refractivity contribution in [2.24, 2.45) is 4.99 Å². The van der Waals surface area contributed by atoms with Gasteiger partial charge in [0.25, 0.3) is 0 Å². The van der Waals surface area contributed by atoms with Gasteiger partial charge < -0.3 is 15.4 Å². The van der Waals surface area contributed by atoms with Gasteiger partial charge in [0.05, 0.1) is 25.3 Å². The van der Waals surface area contributed by atoms with Crippen LogP contribution in [-0.2, 0) is 17.5 Å². The van der Waals surface area contributed by atoms with Crippen LogP contribution in [0.15, 0.2) is 23.2 Å². The van der Waals surface area contributed by atoms with Crippen molar-refractivity contribution in [3.8, 4) is 0 Å². The molecule has 0 atom stereocenters. The first-order valence-corrected chi connectivity index (χ1v) is 8.58. The van der Waals surface area contributed by atoms with Gasteiger partial charge in [-0.1, -0.05) is 6.07 Å². The molecule has 10 heteroatoms. The highest BCUT2D eigenvalue weighted by Gasteiger charge is 2.33. The summed E-state index contributed by atoms with van der Waals surface area (Å²) in [5.74, 6) is -0.487. The monoisotopic (exact) mass is 504 g/mol. The first kappa shape index (κ1) is 23.9. The number of benzene rings is 1. The number of nitrogens with one attached hydrogen (secondary N) is 2.